The third kappa shape index (κ3) is 1090. The SMILES string of the molecule is O.O.O.O.O.O.O=S(=O)(O)O.[Ce]. The quantitative estimate of drug-likeness (QED) is 0.406. The van der Waals surface area contributed by atoms with Gasteiger partial charge >= 0.3 is 10.4 Å². The summed E-state index contributed by atoms with van der Waals surface area (Å²) in [6, 6.07) is 0. The van der Waals surface area contributed by atoms with E-state index >= 15 is 0 Å². The minimum Gasteiger partial charge on any atom is -0.412 e. The van der Waals surface area contributed by atoms with Crippen LogP contribution >= 0.6 is 0 Å². The first-order valence-corrected chi connectivity index (χ1v) is 2.10. The van der Waals surface area contributed by atoms with Crippen LogP contribution in [0.5, 0.6) is 0 Å². The molecule has 0 aliphatic rings. The molecule has 0 heterocycles. The summed E-state index contributed by atoms with van der Waals surface area (Å²) in [4.78, 5) is 0. The Morgan fingerprint density at radius 2 is 0.667 bits per heavy atom. The maximum Gasteiger partial charge on any atom is 0.394 e. The van der Waals surface area contributed by atoms with Crippen molar-refractivity contribution in [3.05, 3.63) is 0 Å². The summed E-state index contributed by atoms with van der Waals surface area (Å²) in [5.41, 5.74) is 0. The molecule has 84 valence electrons. The first kappa shape index (κ1) is 74.8. The van der Waals surface area contributed by atoms with Crippen LogP contribution in [0.1, 0.15) is 0 Å². The topological polar surface area (TPSA) is 264 Å². The Balaban J connectivity index is -0.00000000381. The van der Waals surface area contributed by atoms with Crippen LogP contribution in [0.2, 0.25) is 0 Å². The van der Waals surface area contributed by atoms with Gasteiger partial charge in [0.05, 0.1) is 0 Å². The second-order valence-corrected chi connectivity index (χ2v) is 1.34. The van der Waals surface area contributed by atoms with E-state index in [1.54, 1.807) is 0 Å². The fraction of sp³-hybridized carbons (Fsp3) is 0. The van der Waals surface area contributed by atoms with Crippen LogP contribution in [0, 0.1) is 41.7 Å². The third-order valence-electron chi connectivity index (χ3n) is 0. The van der Waals surface area contributed by atoms with Crippen molar-refractivity contribution >= 4 is 10.4 Å². The first-order valence-electron chi connectivity index (χ1n) is 0.698. The van der Waals surface area contributed by atoms with E-state index in [9.17, 15) is 0 Å². The Labute approximate surface area is 102 Å². The molecule has 0 fully saturated rings. The fourth-order valence-corrected chi connectivity index (χ4v) is 0. The van der Waals surface area contributed by atoms with Gasteiger partial charge in [0, 0.05) is 41.7 Å². The van der Waals surface area contributed by atoms with Crippen LogP contribution in [0.25, 0.3) is 0 Å². The van der Waals surface area contributed by atoms with Gasteiger partial charge in [-0.1, -0.05) is 0 Å². The molecule has 10 nitrogen and oxygen atoms in total. The molecule has 0 aliphatic heterocycles. The van der Waals surface area contributed by atoms with Crippen LogP contribution in [0.4, 0.5) is 0 Å². The Kier molecular flexibility index (Phi) is 185. The molecule has 0 saturated heterocycles. The summed E-state index contributed by atoms with van der Waals surface area (Å²) < 4.78 is 31.6. The molecule has 14 N–H and O–H groups in total. The van der Waals surface area contributed by atoms with Crippen molar-refractivity contribution in [2.24, 2.45) is 0 Å². The minimum atomic E-state index is -4.67. The molecule has 0 aliphatic carbocycles. The van der Waals surface area contributed by atoms with Gasteiger partial charge in [0.15, 0.2) is 0 Å². The zero-order valence-corrected chi connectivity index (χ0v) is 9.58. The van der Waals surface area contributed by atoms with Crippen LogP contribution < -0.4 is 0 Å². The van der Waals surface area contributed by atoms with Crippen molar-refractivity contribution < 1.29 is 92.1 Å². The fourth-order valence-electron chi connectivity index (χ4n) is 0. The standard InChI is InChI=1S/Ce.H2O4S.6H2O/c;1-5(2,3)4;;;;;;/h;(H2,1,2,3,4);6*1H2. The molecule has 0 rings (SSSR count). The predicted molar refractivity (Wildman–Crippen MR) is 35.9 cm³/mol. The zero-order valence-electron chi connectivity index (χ0n) is 5.62. The number of hydrogen-bond acceptors (Lipinski definition) is 2. The minimum absolute atomic E-state index is 0. The van der Waals surface area contributed by atoms with Crippen molar-refractivity contribution in [3.8, 4) is 0 Å². The van der Waals surface area contributed by atoms with E-state index in [-0.39, 0.29) is 74.6 Å². The van der Waals surface area contributed by atoms with Crippen LogP contribution in [-0.4, -0.2) is 50.4 Å². The van der Waals surface area contributed by atoms with Crippen LogP contribution in [0.15, 0.2) is 0 Å². The number of hydrogen-bond donors (Lipinski definition) is 2. The molecule has 0 saturated carbocycles. The van der Waals surface area contributed by atoms with E-state index < -0.39 is 10.4 Å². The van der Waals surface area contributed by atoms with Crippen molar-refractivity contribution in [2.75, 3.05) is 0 Å². The van der Waals surface area contributed by atoms with Gasteiger partial charge in [0.2, 0.25) is 0 Å². The largest absolute Gasteiger partial charge is 0.412 e. The van der Waals surface area contributed by atoms with E-state index in [0.717, 1.165) is 0 Å². The smallest absolute Gasteiger partial charge is 0.394 e. The Bertz CT molecular complexity index is 93.0. The van der Waals surface area contributed by atoms with E-state index in [0.29, 0.717) is 0 Å². The van der Waals surface area contributed by atoms with Crippen molar-refractivity contribution in [3.63, 3.8) is 0 Å². The molecular formula is H14CeO10S. The first-order chi connectivity index (χ1) is 2.00. The van der Waals surface area contributed by atoms with Gasteiger partial charge in [-0.3, -0.25) is 9.11 Å². The molecular weight excluding hydrogens is 332 g/mol. The van der Waals surface area contributed by atoms with Crippen molar-refractivity contribution in [2.45, 2.75) is 0 Å². The average molecular weight is 346 g/mol. The molecule has 0 atom stereocenters. The van der Waals surface area contributed by atoms with E-state index in [1.165, 1.54) is 0 Å². The maximum atomic E-state index is 8.74. The monoisotopic (exact) mass is 346 g/mol. The van der Waals surface area contributed by atoms with Crippen molar-refractivity contribution in [1.82, 2.24) is 0 Å². The molecule has 12 heavy (non-hydrogen) atoms. The molecule has 0 bridgehead atoms. The second kappa shape index (κ2) is 29.6. The third-order valence-corrected chi connectivity index (χ3v) is 0. The Hall–Kier alpha value is 1.01. The molecule has 0 radical (unpaired) electrons. The maximum absolute atomic E-state index is 8.74. The molecule has 0 aromatic rings. The Morgan fingerprint density at radius 3 is 0.667 bits per heavy atom. The van der Waals surface area contributed by atoms with Crippen LogP contribution in [0.3, 0.4) is 0 Å². The molecule has 0 unspecified atom stereocenters. The molecule has 0 amide bonds. The van der Waals surface area contributed by atoms with Gasteiger partial charge in [0.25, 0.3) is 0 Å². The molecule has 0 spiro atoms. The summed E-state index contributed by atoms with van der Waals surface area (Å²) in [6.45, 7) is 0. The van der Waals surface area contributed by atoms with Gasteiger partial charge in [-0.25, -0.2) is 0 Å². The number of rotatable bonds is 0. The average Bonchev–Trinajstić information content (AvgIpc) is 0.722. The molecule has 0 aromatic carbocycles. The van der Waals surface area contributed by atoms with Crippen molar-refractivity contribution in [1.29, 1.82) is 0 Å². The van der Waals surface area contributed by atoms with Gasteiger partial charge in [-0.15, -0.1) is 0 Å². The zero-order chi connectivity index (χ0) is 4.50. The molecule has 0 aromatic heterocycles. The van der Waals surface area contributed by atoms with E-state index in [2.05, 4.69) is 0 Å². The Morgan fingerprint density at radius 1 is 0.667 bits per heavy atom. The van der Waals surface area contributed by atoms with Gasteiger partial charge in [-0.05, 0) is 0 Å². The summed E-state index contributed by atoms with van der Waals surface area (Å²) in [5.74, 6) is 0. The molecule has 12 heteroatoms. The van der Waals surface area contributed by atoms with Crippen LogP contribution in [-0.2, 0) is 10.4 Å². The second-order valence-electron chi connectivity index (χ2n) is 0.448. The van der Waals surface area contributed by atoms with E-state index in [4.69, 9.17) is 17.5 Å². The summed E-state index contributed by atoms with van der Waals surface area (Å²) in [7, 11) is -4.67. The summed E-state index contributed by atoms with van der Waals surface area (Å²) >= 11 is 0. The van der Waals surface area contributed by atoms with Gasteiger partial charge in [0.1, 0.15) is 0 Å². The van der Waals surface area contributed by atoms with Gasteiger partial charge in [-0.2, -0.15) is 8.42 Å². The summed E-state index contributed by atoms with van der Waals surface area (Å²) in [5, 5.41) is 0. The van der Waals surface area contributed by atoms with E-state index in [1.807, 2.05) is 0 Å². The van der Waals surface area contributed by atoms with Gasteiger partial charge < -0.3 is 32.9 Å². The summed E-state index contributed by atoms with van der Waals surface area (Å²) in [6.07, 6.45) is 0. The predicted octanol–water partition coefficient (Wildman–Crippen LogP) is -5.60. The normalized spacial score (nSPS) is 4.83.